The van der Waals surface area contributed by atoms with Gasteiger partial charge in [-0.05, 0) is 16.3 Å². The highest BCUT2D eigenvalue weighted by Crippen LogP contribution is 2.23. The number of rotatable bonds is 6. The van der Waals surface area contributed by atoms with E-state index in [2.05, 4.69) is 29.6 Å². The lowest BCUT2D eigenvalue weighted by Crippen LogP contribution is -2.27. The average molecular weight is 245 g/mol. The average Bonchev–Trinajstić information content (AvgIpc) is 2.43. The van der Waals surface area contributed by atoms with E-state index in [1.807, 2.05) is 18.2 Å². The van der Waals surface area contributed by atoms with E-state index in [1.165, 1.54) is 10.8 Å². The first-order valence-corrected chi connectivity index (χ1v) is 6.17. The van der Waals surface area contributed by atoms with Crippen LogP contribution in [0.2, 0.25) is 0 Å². The van der Waals surface area contributed by atoms with Crippen molar-refractivity contribution in [3.63, 3.8) is 0 Å². The van der Waals surface area contributed by atoms with Crippen LogP contribution in [-0.2, 0) is 4.74 Å². The summed E-state index contributed by atoms with van der Waals surface area (Å²) < 4.78 is 5.02. The molecule has 2 aromatic carbocycles. The van der Waals surface area contributed by atoms with Gasteiger partial charge < -0.3 is 15.2 Å². The van der Waals surface area contributed by atoms with Gasteiger partial charge in [0.25, 0.3) is 0 Å². The van der Waals surface area contributed by atoms with Crippen molar-refractivity contribution >= 4 is 10.8 Å². The monoisotopic (exact) mass is 245 g/mol. The molecule has 0 amide bonds. The molecule has 0 aliphatic carbocycles. The second-order valence-corrected chi connectivity index (χ2v) is 4.25. The Kier molecular flexibility index (Phi) is 4.70. The van der Waals surface area contributed by atoms with Crippen LogP contribution in [-0.4, -0.2) is 32.0 Å². The summed E-state index contributed by atoms with van der Waals surface area (Å²) in [6.07, 6.45) is 0. The predicted molar refractivity (Wildman–Crippen MR) is 73.7 cm³/mol. The molecule has 1 unspecified atom stereocenters. The van der Waals surface area contributed by atoms with E-state index < -0.39 is 0 Å². The first kappa shape index (κ1) is 13.0. The van der Waals surface area contributed by atoms with Gasteiger partial charge in [0, 0.05) is 13.7 Å². The van der Waals surface area contributed by atoms with Crippen LogP contribution in [0.5, 0.6) is 0 Å². The summed E-state index contributed by atoms with van der Waals surface area (Å²) in [6, 6.07) is 14.3. The molecule has 0 bridgehead atoms. The Bertz CT molecular complexity index is 493. The van der Waals surface area contributed by atoms with E-state index in [9.17, 15) is 5.11 Å². The van der Waals surface area contributed by atoms with Crippen molar-refractivity contribution < 1.29 is 9.84 Å². The summed E-state index contributed by atoms with van der Waals surface area (Å²) >= 11 is 0. The fraction of sp³-hybridized carbons (Fsp3) is 0.333. The Morgan fingerprint density at radius 3 is 2.72 bits per heavy atom. The number of ether oxygens (including phenoxy) is 1. The minimum atomic E-state index is -0.0498. The minimum Gasteiger partial charge on any atom is -0.394 e. The topological polar surface area (TPSA) is 41.5 Å². The molecule has 2 aromatic rings. The number of hydrogen-bond donors (Lipinski definition) is 2. The van der Waals surface area contributed by atoms with E-state index >= 15 is 0 Å². The lowest BCUT2D eigenvalue weighted by atomic mass is 9.99. The summed E-state index contributed by atoms with van der Waals surface area (Å²) in [5.74, 6) is 0. The molecule has 0 spiro atoms. The number of benzene rings is 2. The van der Waals surface area contributed by atoms with Crippen LogP contribution < -0.4 is 5.32 Å². The standard InChI is InChI=1S/C15H19NO2/c1-18-10-9-16-15(11-17)14-8-4-6-12-5-2-3-7-13(12)14/h2-8,15-17H,9-11H2,1H3. The van der Waals surface area contributed by atoms with Gasteiger partial charge in [0.1, 0.15) is 0 Å². The van der Waals surface area contributed by atoms with E-state index in [4.69, 9.17) is 4.74 Å². The van der Waals surface area contributed by atoms with Gasteiger partial charge in [0.05, 0.1) is 19.3 Å². The van der Waals surface area contributed by atoms with Crippen molar-refractivity contribution in [3.05, 3.63) is 48.0 Å². The van der Waals surface area contributed by atoms with Crippen molar-refractivity contribution in [2.24, 2.45) is 0 Å². The van der Waals surface area contributed by atoms with E-state index in [0.29, 0.717) is 6.61 Å². The van der Waals surface area contributed by atoms with Crippen LogP contribution in [0.15, 0.2) is 42.5 Å². The molecule has 0 heterocycles. The molecule has 0 fully saturated rings. The zero-order chi connectivity index (χ0) is 12.8. The van der Waals surface area contributed by atoms with Crippen molar-refractivity contribution in [1.29, 1.82) is 0 Å². The molecule has 0 aliphatic rings. The molecule has 96 valence electrons. The highest BCUT2D eigenvalue weighted by atomic mass is 16.5. The Labute approximate surface area is 107 Å². The van der Waals surface area contributed by atoms with Crippen molar-refractivity contribution in [1.82, 2.24) is 5.32 Å². The Morgan fingerprint density at radius 2 is 1.94 bits per heavy atom. The van der Waals surface area contributed by atoms with Gasteiger partial charge in [-0.25, -0.2) is 0 Å². The third kappa shape index (κ3) is 2.88. The number of fused-ring (bicyclic) bond motifs is 1. The van der Waals surface area contributed by atoms with Crippen LogP contribution in [0, 0.1) is 0 Å². The first-order valence-electron chi connectivity index (χ1n) is 6.17. The SMILES string of the molecule is COCCNC(CO)c1cccc2ccccc12. The van der Waals surface area contributed by atoms with Crippen molar-refractivity contribution in [2.75, 3.05) is 26.9 Å². The normalized spacial score (nSPS) is 12.8. The molecule has 0 radical (unpaired) electrons. The maximum absolute atomic E-state index is 9.53. The van der Waals surface area contributed by atoms with E-state index in [1.54, 1.807) is 7.11 Å². The summed E-state index contributed by atoms with van der Waals surface area (Å²) in [7, 11) is 1.67. The maximum Gasteiger partial charge on any atom is 0.0626 e. The van der Waals surface area contributed by atoms with Gasteiger partial charge in [-0.1, -0.05) is 42.5 Å². The number of methoxy groups -OCH3 is 1. The summed E-state index contributed by atoms with van der Waals surface area (Å²) in [5.41, 5.74) is 1.13. The minimum absolute atomic E-state index is 0.0498. The van der Waals surface area contributed by atoms with Crippen molar-refractivity contribution in [2.45, 2.75) is 6.04 Å². The summed E-state index contributed by atoms with van der Waals surface area (Å²) in [5, 5.41) is 15.2. The molecule has 18 heavy (non-hydrogen) atoms. The number of hydrogen-bond acceptors (Lipinski definition) is 3. The zero-order valence-electron chi connectivity index (χ0n) is 10.6. The lowest BCUT2D eigenvalue weighted by molar-refractivity contribution is 0.184. The molecule has 0 saturated heterocycles. The predicted octanol–water partition coefficient (Wildman–Crippen LogP) is 2.11. The number of nitrogens with one attached hydrogen (secondary N) is 1. The molecule has 0 saturated carbocycles. The molecule has 2 N–H and O–H groups in total. The lowest BCUT2D eigenvalue weighted by Gasteiger charge is -2.18. The second-order valence-electron chi connectivity index (χ2n) is 4.25. The van der Waals surface area contributed by atoms with Crippen LogP contribution in [0.3, 0.4) is 0 Å². The van der Waals surface area contributed by atoms with Gasteiger partial charge >= 0.3 is 0 Å². The third-order valence-corrected chi connectivity index (χ3v) is 3.08. The molecule has 0 aliphatic heterocycles. The summed E-state index contributed by atoms with van der Waals surface area (Å²) in [6.45, 7) is 1.45. The molecular formula is C15H19NO2. The third-order valence-electron chi connectivity index (χ3n) is 3.08. The fourth-order valence-corrected chi connectivity index (χ4v) is 2.16. The molecule has 2 rings (SSSR count). The Hall–Kier alpha value is -1.42. The second kappa shape index (κ2) is 6.50. The van der Waals surface area contributed by atoms with Gasteiger partial charge in [-0.3, -0.25) is 0 Å². The maximum atomic E-state index is 9.53. The van der Waals surface area contributed by atoms with Crippen LogP contribution >= 0.6 is 0 Å². The van der Waals surface area contributed by atoms with Crippen LogP contribution in [0.1, 0.15) is 11.6 Å². The van der Waals surface area contributed by atoms with Gasteiger partial charge in [-0.15, -0.1) is 0 Å². The Balaban J connectivity index is 2.27. The fourth-order valence-electron chi connectivity index (χ4n) is 2.16. The highest BCUT2D eigenvalue weighted by Gasteiger charge is 2.12. The quantitative estimate of drug-likeness (QED) is 0.766. The first-order chi connectivity index (χ1) is 8.86. The Morgan fingerprint density at radius 1 is 1.17 bits per heavy atom. The van der Waals surface area contributed by atoms with E-state index in [0.717, 1.165) is 12.1 Å². The number of aliphatic hydroxyl groups is 1. The molecule has 0 aromatic heterocycles. The zero-order valence-corrected chi connectivity index (χ0v) is 10.6. The van der Waals surface area contributed by atoms with Gasteiger partial charge in [0.2, 0.25) is 0 Å². The van der Waals surface area contributed by atoms with Crippen LogP contribution in [0.4, 0.5) is 0 Å². The largest absolute Gasteiger partial charge is 0.394 e. The smallest absolute Gasteiger partial charge is 0.0626 e. The van der Waals surface area contributed by atoms with E-state index in [-0.39, 0.29) is 12.6 Å². The van der Waals surface area contributed by atoms with Crippen molar-refractivity contribution in [3.8, 4) is 0 Å². The molecular weight excluding hydrogens is 226 g/mol. The molecule has 1 atom stereocenters. The van der Waals surface area contributed by atoms with Gasteiger partial charge in [-0.2, -0.15) is 0 Å². The molecule has 3 nitrogen and oxygen atoms in total. The summed E-state index contributed by atoms with van der Waals surface area (Å²) in [4.78, 5) is 0. The number of aliphatic hydroxyl groups excluding tert-OH is 1. The molecule has 3 heteroatoms. The van der Waals surface area contributed by atoms with Gasteiger partial charge in [0.15, 0.2) is 0 Å². The van der Waals surface area contributed by atoms with Crippen LogP contribution in [0.25, 0.3) is 10.8 Å². The highest BCUT2D eigenvalue weighted by molar-refractivity contribution is 5.86.